The minimum atomic E-state index is 0.392. The summed E-state index contributed by atoms with van der Waals surface area (Å²) in [5.41, 5.74) is 0. The van der Waals surface area contributed by atoms with Gasteiger partial charge in [-0.1, -0.05) is 11.6 Å². The van der Waals surface area contributed by atoms with Crippen LogP contribution in [-0.4, -0.2) is 36.3 Å². The summed E-state index contributed by atoms with van der Waals surface area (Å²) in [6, 6.07) is 0. The highest BCUT2D eigenvalue weighted by molar-refractivity contribution is 6.32. The molecule has 1 fully saturated rings. The first kappa shape index (κ1) is 13.6. The van der Waals surface area contributed by atoms with E-state index in [-0.39, 0.29) is 0 Å². The first-order chi connectivity index (χ1) is 8.66. The van der Waals surface area contributed by atoms with Gasteiger partial charge in [0.1, 0.15) is 10.8 Å². The Bertz CT molecular complexity index is 394. The molecule has 0 spiro atoms. The molecule has 18 heavy (non-hydrogen) atoms. The molecule has 1 saturated heterocycles. The fraction of sp³-hybridized carbons (Fsp3) is 0.692. The Morgan fingerprint density at radius 3 is 3.06 bits per heavy atom. The van der Waals surface area contributed by atoms with Crippen LogP contribution in [-0.2, 0) is 4.74 Å². The second-order valence-corrected chi connectivity index (χ2v) is 5.19. The Kier molecular flexibility index (Phi) is 4.78. The third kappa shape index (κ3) is 3.56. The van der Waals surface area contributed by atoms with Crippen LogP contribution >= 0.6 is 11.6 Å². The van der Waals surface area contributed by atoms with Gasteiger partial charge in [-0.15, -0.1) is 0 Å². The van der Waals surface area contributed by atoms with E-state index in [1.165, 1.54) is 19.3 Å². The van der Waals surface area contributed by atoms with E-state index in [1.54, 1.807) is 6.20 Å². The molecule has 2 heterocycles. The van der Waals surface area contributed by atoms with E-state index in [1.807, 2.05) is 14.0 Å². The molecule has 1 atom stereocenters. The zero-order valence-corrected chi connectivity index (χ0v) is 11.8. The maximum Gasteiger partial charge on any atom is 0.150 e. The lowest BCUT2D eigenvalue weighted by molar-refractivity contribution is 0.0126. The molecular weight excluding hydrogens is 250 g/mol. The molecular formula is C13H20ClN3O. The van der Waals surface area contributed by atoms with E-state index in [0.717, 1.165) is 31.2 Å². The number of aromatic nitrogens is 2. The molecule has 0 N–H and O–H groups in total. The standard InChI is InChI=1S/C13H20ClN3O/c1-10-15-9-12(14)13(16-10)17(2)7-6-11-5-3-4-8-18-11/h9,11H,3-8H2,1-2H3. The van der Waals surface area contributed by atoms with Gasteiger partial charge in [0.25, 0.3) is 0 Å². The summed E-state index contributed by atoms with van der Waals surface area (Å²) in [6.07, 6.45) is 6.72. The van der Waals surface area contributed by atoms with Gasteiger partial charge in [0.15, 0.2) is 5.82 Å². The van der Waals surface area contributed by atoms with Crippen LogP contribution in [0.25, 0.3) is 0 Å². The molecule has 1 aliphatic rings. The van der Waals surface area contributed by atoms with Crippen LogP contribution in [0, 0.1) is 6.92 Å². The van der Waals surface area contributed by atoms with Crippen LogP contribution in [0.5, 0.6) is 0 Å². The molecule has 1 aromatic heterocycles. The largest absolute Gasteiger partial charge is 0.378 e. The van der Waals surface area contributed by atoms with Gasteiger partial charge in [0.05, 0.1) is 12.3 Å². The predicted octanol–water partition coefficient (Wildman–Crippen LogP) is 2.83. The highest BCUT2D eigenvalue weighted by atomic mass is 35.5. The lowest BCUT2D eigenvalue weighted by Gasteiger charge is -2.26. The van der Waals surface area contributed by atoms with Crippen LogP contribution < -0.4 is 4.90 Å². The van der Waals surface area contributed by atoms with E-state index < -0.39 is 0 Å². The molecule has 0 radical (unpaired) electrons. The van der Waals surface area contributed by atoms with Gasteiger partial charge < -0.3 is 9.64 Å². The third-order valence-electron chi connectivity index (χ3n) is 3.27. The lowest BCUT2D eigenvalue weighted by atomic mass is 10.1. The van der Waals surface area contributed by atoms with Crippen LogP contribution in [0.4, 0.5) is 5.82 Å². The van der Waals surface area contributed by atoms with Crippen molar-refractivity contribution in [3.05, 3.63) is 17.0 Å². The number of nitrogens with zero attached hydrogens (tertiary/aromatic N) is 3. The lowest BCUT2D eigenvalue weighted by Crippen LogP contribution is -2.27. The maximum atomic E-state index is 6.11. The maximum absolute atomic E-state index is 6.11. The number of hydrogen-bond donors (Lipinski definition) is 0. The Hall–Kier alpha value is -0.870. The van der Waals surface area contributed by atoms with Crippen molar-refractivity contribution in [3.63, 3.8) is 0 Å². The number of hydrogen-bond acceptors (Lipinski definition) is 4. The molecule has 100 valence electrons. The van der Waals surface area contributed by atoms with E-state index in [2.05, 4.69) is 14.9 Å². The molecule has 0 aromatic carbocycles. The topological polar surface area (TPSA) is 38.2 Å². The molecule has 2 rings (SSSR count). The number of halogens is 1. The first-order valence-electron chi connectivity index (χ1n) is 6.48. The number of anilines is 1. The fourth-order valence-electron chi connectivity index (χ4n) is 2.19. The SMILES string of the molecule is Cc1ncc(Cl)c(N(C)CCC2CCCCO2)n1. The van der Waals surface area contributed by atoms with Crippen molar-refractivity contribution in [2.24, 2.45) is 0 Å². The highest BCUT2D eigenvalue weighted by Crippen LogP contribution is 2.22. The van der Waals surface area contributed by atoms with Gasteiger partial charge in [-0.05, 0) is 32.6 Å². The Morgan fingerprint density at radius 1 is 1.50 bits per heavy atom. The van der Waals surface area contributed by atoms with Gasteiger partial charge >= 0.3 is 0 Å². The van der Waals surface area contributed by atoms with Crippen LogP contribution in [0.2, 0.25) is 5.02 Å². The molecule has 5 heteroatoms. The van der Waals surface area contributed by atoms with Crippen molar-refractivity contribution < 1.29 is 4.74 Å². The Labute approximate surface area is 113 Å². The van der Waals surface area contributed by atoms with Gasteiger partial charge in [-0.3, -0.25) is 0 Å². The molecule has 0 bridgehead atoms. The van der Waals surface area contributed by atoms with Gasteiger partial charge in [-0.25, -0.2) is 9.97 Å². The normalized spacial score (nSPS) is 19.8. The summed E-state index contributed by atoms with van der Waals surface area (Å²) >= 11 is 6.11. The summed E-state index contributed by atoms with van der Waals surface area (Å²) in [6.45, 7) is 3.68. The van der Waals surface area contributed by atoms with Gasteiger partial charge in [-0.2, -0.15) is 0 Å². The van der Waals surface area contributed by atoms with Crippen molar-refractivity contribution in [2.75, 3.05) is 25.1 Å². The average molecular weight is 270 g/mol. The highest BCUT2D eigenvalue weighted by Gasteiger charge is 2.16. The minimum absolute atomic E-state index is 0.392. The van der Waals surface area contributed by atoms with E-state index in [9.17, 15) is 0 Å². The number of aryl methyl sites for hydroxylation is 1. The van der Waals surface area contributed by atoms with Crippen molar-refractivity contribution in [3.8, 4) is 0 Å². The fourth-order valence-corrected chi connectivity index (χ4v) is 2.42. The van der Waals surface area contributed by atoms with E-state index in [0.29, 0.717) is 11.1 Å². The number of rotatable bonds is 4. The second-order valence-electron chi connectivity index (χ2n) is 4.79. The van der Waals surface area contributed by atoms with Crippen LogP contribution in [0.3, 0.4) is 0 Å². The average Bonchev–Trinajstić information content (AvgIpc) is 2.40. The van der Waals surface area contributed by atoms with Gasteiger partial charge in [0, 0.05) is 20.2 Å². The molecule has 0 amide bonds. The van der Waals surface area contributed by atoms with Crippen molar-refractivity contribution in [2.45, 2.75) is 38.7 Å². The first-order valence-corrected chi connectivity index (χ1v) is 6.86. The van der Waals surface area contributed by atoms with Gasteiger partial charge in [0.2, 0.25) is 0 Å². The molecule has 0 saturated carbocycles. The predicted molar refractivity (Wildman–Crippen MR) is 73.3 cm³/mol. The summed E-state index contributed by atoms with van der Waals surface area (Å²) in [5.74, 6) is 1.55. The molecule has 1 aliphatic heterocycles. The molecule has 0 aliphatic carbocycles. The minimum Gasteiger partial charge on any atom is -0.378 e. The molecule has 4 nitrogen and oxygen atoms in total. The summed E-state index contributed by atoms with van der Waals surface area (Å²) in [7, 11) is 2.01. The molecule has 1 aromatic rings. The summed E-state index contributed by atoms with van der Waals surface area (Å²) in [4.78, 5) is 10.5. The number of ether oxygens (including phenoxy) is 1. The monoisotopic (exact) mass is 269 g/mol. The molecule has 1 unspecified atom stereocenters. The zero-order valence-electron chi connectivity index (χ0n) is 11.0. The van der Waals surface area contributed by atoms with Crippen molar-refractivity contribution in [1.29, 1.82) is 0 Å². The van der Waals surface area contributed by atoms with Crippen molar-refractivity contribution >= 4 is 17.4 Å². The Balaban J connectivity index is 1.90. The summed E-state index contributed by atoms with van der Waals surface area (Å²) < 4.78 is 5.73. The van der Waals surface area contributed by atoms with E-state index >= 15 is 0 Å². The third-order valence-corrected chi connectivity index (χ3v) is 3.53. The van der Waals surface area contributed by atoms with Crippen molar-refractivity contribution in [1.82, 2.24) is 9.97 Å². The van der Waals surface area contributed by atoms with E-state index in [4.69, 9.17) is 16.3 Å². The Morgan fingerprint density at radius 2 is 2.33 bits per heavy atom. The zero-order chi connectivity index (χ0) is 13.0. The quantitative estimate of drug-likeness (QED) is 0.843. The summed E-state index contributed by atoms with van der Waals surface area (Å²) in [5, 5.41) is 0.604. The second kappa shape index (κ2) is 6.34. The smallest absolute Gasteiger partial charge is 0.150 e. The van der Waals surface area contributed by atoms with Crippen LogP contribution in [0.15, 0.2) is 6.20 Å². The van der Waals surface area contributed by atoms with Crippen LogP contribution in [0.1, 0.15) is 31.5 Å².